The monoisotopic (exact) mass is 316 g/mol. The summed E-state index contributed by atoms with van der Waals surface area (Å²) in [7, 11) is -3.57. The van der Waals surface area contributed by atoms with Gasteiger partial charge in [-0.05, 0) is 26.8 Å². The van der Waals surface area contributed by atoms with Gasteiger partial charge in [0.25, 0.3) is 10.0 Å². The Labute approximate surface area is 126 Å². The lowest BCUT2D eigenvalue weighted by Gasteiger charge is -2.29. The lowest BCUT2D eigenvalue weighted by molar-refractivity contribution is 0.0101. The highest BCUT2D eigenvalue weighted by molar-refractivity contribution is 7.89. The van der Waals surface area contributed by atoms with Crippen molar-refractivity contribution in [2.75, 3.05) is 26.2 Å². The topological polar surface area (TPSA) is 87.3 Å². The smallest absolute Gasteiger partial charge is 0.262 e. The standard InChI is InChI=1S/C13H24N4O3S/c1-4-5-14-8-12-11(3)15-16-13(12)21(18,19)17-6-7-20-10(2)9-17/h10,14H,4-9H2,1-3H3,(H,15,16). The van der Waals surface area contributed by atoms with Crippen LogP contribution in [0.3, 0.4) is 0 Å². The molecule has 7 nitrogen and oxygen atoms in total. The molecule has 8 heteroatoms. The first-order valence-electron chi connectivity index (χ1n) is 7.33. The minimum absolute atomic E-state index is 0.0877. The molecular weight excluding hydrogens is 292 g/mol. The number of aromatic amines is 1. The van der Waals surface area contributed by atoms with E-state index in [0.717, 1.165) is 24.2 Å². The molecule has 0 radical (unpaired) electrons. The van der Waals surface area contributed by atoms with Gasteiger partial charge >= 0.3 is 0 Å². The average Bonchev–Trinajstić information content (AvgIpc) is 2.81. The third-order valence-electron chi connectivity index (χ3n) is 3.55. The number of sulfonamides is 1. The molecule has 1 fully saturated rings. The second kappa shape index (κ2) is 6.87. The first-order chi connectivity index (χ1) is 9.96. The van der Waals surface area contributed by atoms with Crippen LogP contribution in [-0.2, 0) is 21.3 Å². The second-order valence-electron chi connectivity index (χ2n) is 5.35. The molecule has 1 aliphatic rings. The number of nitrogens with zero attached hydrogens (tertiary/aromatic N) is 2. The average molecular weight is 316 g/mol. The van der Waals surface area contributed by atoms with Gasteiger partial charge in [0.15, 0.2) is 5.03 Å². The summed E-state index contributed by atoms with van der Waals surface area (Å²) >= 11 is 0. The summed E-state index contributed by atoms with van der Waals surface area (Å²) < 4.78 is 32.4. The fourth-order valence-corrected chi connectivity index (χ4v) is 4.03. The molecule has 120 valence electrons. The third-order valence-corrected chi connectivity index (χ3v) is 5.39. The van der Waals surface area contributed by atoms with E-state index in [-0.39, 0.29) is 11.1 Å². The molecule has 2 rings (SSSR count). The Morgan fingerprint density at radius 1 is 1.52 bits per heavy atom. The van der Waals surface area contributed by atoms with Gasteiger partial charge in [0.2, 0.25) is 0 Å². The van der Waals surface area contributed by atoms with Crippen LogP contribution >= 0.6 is 0 Å². The lowest BCUT2D eigenvalue weighted by Crippen LogP contribution is -2.44. The summed E-state index contributed by atoms with van der Waals surface area (Å²) in [6.07, 6.45) is 0.912. The van der Waals surface area contributed by atoms with Gasteiger partial charge in [0.05, 0.1) is 12.7 Å². The zero-order chi connectivity index (χ0) is 15.5. The van der Waals surface area contributed by atoms with E-state index in [0.29, 0.717) is 26.2 Å². The van der Waals surface area contributed by atoms with E-state index in [1.165, 1.54) is 4.31 Å². The van der Waals surface area contributed by atoms with Crippen LogP contribution in [0.4, 0.5) is 0 Å². The normalized spacial score (nSPS) is 20.8. The number of aromatic nitrogens is 2. The molecule has 2 heterocycles. The number of ether oxygens (including phenoxy) is 1. The van der Waals surface area contributed by atoms with E-state index in [9.17, 15) is 8.42 Å². The van der Waals surface area contributed by atoms with E-state index < -0.39 is 10.0 Å². The highest BCUT2D eigenvalue weighted by Crippen LogP contribution is 2.22. The third kappa shape index (κ3) is 3.63. The van der Waals surface area contributed by atoms with E-state index >= 15 is 0 Å². The molecule has 1 aromatic rings. The molecule has 2 N–H and O–H groups in total. The number of nitrogens with one attached hydrogen (secondary N) is 2. The van der Waals surface area contributed by atoms with Crippen molar-refractivity contribution in [1.82, 2.24) is 19.8 Å². The van der Waals surface area contributed by atoms with Crippen molar-refractivity contribution in [2.24, 2.45) is 0 Å². The van der Waals surface area contributed by atoms with E-state index in [4.69, 9.17) is 4.74 Å². The van der Waals surface area contributed by atoms with Crippen LogP contribution < -0.4 is 5.32 Å². The maximum absolute atomic E-state index is 12.8. The Balaban J connectivity index is 2.23. The molecule has 0 bridgehead atoms. The largest absolute Gasteiger partial charge is 0.376 e. The van der Waals surface area contributed by atoms with Crippen molar-refractivity contribution < 1.29 is 13.2 Å². The summed E-state index contributed by atoms with van der Waals surface area (Å²) in [6.45, 7) is 8.31. The summed E-state index contributed by atoms with van der Waals surface area (Å²) in [5, 5.41) is 10.2. The fourth-order valence-electron chi connectivity index (χ4n) is 2.37. The Kier molecular flexibility index (Phi) is 5.37. The predicted octanol–water partition coefficient (Wildman–Crippen LogP) is 0.627. The van der Waals surface area contributed by atoms with Crippen molar-refractivity contribution >= 4 is 10.0 Å². The highest BCUT2D eigenvalue weighted by Gasteiger charge is 2.33. The molecule has 0 saturated carbocycles. The molecule has 1 aromatic heterocycles. The molecule has 21 heavy (non-hydrogen) atoms. The summed E-state index contributed by atoms with van der Waals surface area (Å²) in [4.78, 5) is 0. The minimum atomic E-state index is -3.57. The summed E-state index contributed by atoms with van der Waals surface area (Å²) in [5.74, 6) is 0. The number of aryl methyl sites for hydroxylation is 1. The SMILES string of the molecule is CCCNCc1c(S(=O)(=O)N2CCOC(C)C2)n[nH]c1C. The van der Waals surface area contributed by atoms with Crippen molar-refractivity contribution in [2.45, 2.75) is 44.9 Å². The quantitative estimate of drug-likeness (QED) is 0.752. The van der Waals surface area contributed by atoms with Crippen molar-refractivity contribution in [3.05, 3.63) is 11.3 Å². The molecular formula is C13H24N4O3S. The second-order valence-corrected chi connectivity index (χ2v) is 7.21. The van der Waals surface area contributed by atoms with Gasteiger partial charge < -0.3 is 10.1 Å². The first-order valence-corrected chi connectivity index (χ1v) is 8.77. The van der Waals surface area contributed by atoms with Crippen LogP contribution in [0.5, 0.6) is 0 Å². The molecule has 1 unspecified atom stereocenters. The maximum atomic E-state index is 12.8. The van der Waals surface area contributed by atoms with E-state index in [1.54, 1.807) is 0 Å². The van der Waals surface area contributed by atoms with Crippen LogP contribution in [0.25, 0.3) is 0 Å². The number of hydrogen-bond donors (Lipinski definition) is 2. The van der Waals surface area contributed by atoms with Gasteiger partial charge in [0.1, 0.15) is 0 Å². The summed E-state index contributed by atoms with van der Waals surface area (Å²) in [5.41, 5.74) is 1.51. The van der Waals surface area contributed by atoms with Crippen LogP contribution in [0.15, 0.2) is 5.03 Å². The van der Waals surface area contributed by atoms with Gasteiger partial charge in [-0.1, -0.05) is 6.92 Å². The molecule has 1 saturated heterocycles. The van der Waals surface area contributed by atoms with Crippen LogP contribution in [-0.4, -0.2) is 55.3 Å². The Morgan fingerprint density at radius 2 is 2.29 bits per heavy atom. The van der Waals surface area contributed by atoms with Crippen LogP contribution in [0.2, 0.25) is 0 Å². The molecule has 1 atom stereocenters. The molecule has 0 aliphatic carbocycles. The maximum Gasteiger partial charge on any atom is 0.262 e. The van der Waals surface area contributed by atoms with Gasteiger partial charge in [-0.2, -0.15) is 9.40 Å². The Bertz CT molecular complexity index is 570. The molecule has 0 aromatic carbocycles. The number of morpholine rings is 1. The summed E-state index contributed by atoms with van der Waals surface area (Å²) in [6, 6.07) is 0. The lowest BCUT2D eigenvalue weighted by atomic mass is 10.2. The predicted molar refractivity (Wildman–Crippen MR) is 79.5 cm³/mol. The number of H-pyrrole nitrogens is 1. The van der Waals surface area contributed by atoms with Gasteiger partial charge in [-0.15, -0.1) is 0 Å². The van der Waals surface area contributed by atoms with Crippen LogP contribution in [0.1, 0.15) is 31.5 Å². The van der Waals surface area contributed by atoms with Crippen molar-refractivity contribution in [3.8, 4) is 0 Å². The molecule has 1 aliphatic heterocycles. The van der Waals surface area contributed by atoms with Crippen molar-refractivity contribution in [1.29, 1.82) is 0 Å². The van der Waals surface area contributed by atoms with E-state index in [2.05, 4.69) is 22.4 Å². The van der Waals surface area contributed by atoms with Gasteiger partial charge in [0, 0.05) is 30.9 Å². The first kappa shape index (κ1) is 16.4. The zero-order valence-electron chi connectivity index (χ0n) is 12.8. The Morgan fingerprint density at radius 3 is 2.95 bits per heavy atom. The van der Waals surface area contributed by atoms with Gasteiger partial charge in [-0.3, -0.25) is 5.10 Å². The fraction of sp³-hybridized carbons (Fsp3) is 0.769. The highest BCUT2D eigenvalue weighted by atomic mass is 32.2. The number of hydrogen-bond acceptors (Lipinski definition) is 5. The molecule has 0 amide bonds. The van der Waals surface area contributed by atoms with Crippen molar-refractivity contribution in [3.63, 3.8) is 0 Å². The van der Waals surface area contributed by atoms with Gasteiger partial charge in [-0.25, -0.2) is 8.42 Å². The van der Waals surface area contributed by atoms with Crippen LogP contribution in [0, 0.1) is 6.92 Å². The number of rotatable bonds is 6. The molecule has 0 spiro atoms. The minimum Gasteiger partial charge on any atom is -0.376 e. The Hall–Kier alpha value is -0.960. The van der Waals surface area contributed by atoms with E-state index in [1.807, 2.05) is 13.8 Å². The zero-order valence-corrected chi connectivity index (χ0v) is 13.7.